The molecule has 0 aromatic heterocycles. The third-order valence-corrected chi connectivity index (χ3v) is 28.2. The molecule has 0 N–H and O–H groups in total. The first-order chi connectivity index (χ1) is 53.6. The summed E-state index contributed by atoms with van der Waals surface area (Å²) < 4.78 is 89.7. The zero-order valence-corrected chi connectivity index (χ0v) is 72.8. The predicted octanol–water partition coefficient (Wildman–Crippen LogP) is 19.9. The molecule has 20 heteroatoms. The second-order valence-corrected chi connectivity index (χ2v) is 39.1. The number of carbonyl (C=O) groups is 5. The van der Waals surface area contributed by atoms with Crippen LogP contribution in [-0.2, 0) is 95.0 Å². The molecule has 18 atom stereocenters. The molecular weight excluding hydrogens is 1440 g/mol. The number of ether oxygens (including phenoxy) is 15. The topological polar surface area (TPSA) is 224 Å². The van der Waals surface area contributed by atoms with Crippen molar-refractivity contribution in [2.75, 3.05) is 33.0 Å². The Morgan fingerprint density at radius 2 is 0.655 bits per heavy atom. The smallest absolute Gasteiger partial charge is 0.311 e. The monoisotopic (exact) mass is 1590 g/mol. The van der Waals surface area contributed by atoms with Gasteiger partial charge in [0.1, 0.15) is 0 Å². The Balaban J connectivity index is 0.000000150. The lowest BCUT2D eigenvalue weighted by Crippen LogP contribution is -2.35. The van der Waals surface area contributed by atoms with Crippen molar-refractivity contribution in [2.24, 2.45) is 56.7 Å². The fourth-order valence-corrected chi connectivity index (χ4v) is 17.8. The molecular formula is C93H150O20. The Hall–Kier alpha value is -4.09. The van der Waals surface area contributed by atoms with E-state index in [1.165, 1.54) is 32.1 Å². The van der Waals surface area contributed by atoms with Crippen LogP contribution >= 0.6 is 0 Å². The first-order valence-electron chi connectivity index (χ1n) is 44.9. The molecule has 5 heterocycles. The minimum absolute atomic E-state index is 0.0746. The Kier molecular flexibility index (Phi) is 32.2. The molecule has 18 unspecified atom stereocenters. The van der Waals surface area contributed by atoms with Crippen molar-refractivity contribution in [3.63, 3.8) is 0 Å². The van der Waals surface area contributed by atoms with Gasteiger partial charge in [-0.3, -0.25) is 24.0 Å². The molecule has 0 radical (unpaired) electrons. The highest BCUT2D eigenvalue weighted by atomic mass is 16.8. The minimum Gasteiger partial charge on any atom is -0.465 e. The van der Waals surface area contributed by atoms with E-state index in [-0.39, 0.29) is 130 Å². The van der Waals surface area contributed by atoms with Crippen LogP contribution in [0.1, 0.15) is 341 Å². The largest absolute Gasteiger partial charge is 0.465 e. The number of hydrogen-bond acceptors (Lipinski definition) is 20. The minimum atomic E-state index is -0.469. The van der Waals surface area contributed by atoms with Gasteiger partial charge in [-0.1, -0.05) is 84.4 Å². The molecule has 1 aromatic carbocycles. The van der Waals surface area contributed by atoms with Crippen molar-refractivity contribution < 1.29 is 95.0 Å². The van der Waals surface area contributed by atoms with Crippen LogP contribution in [0.3, 0.4) is 0 Å². The third-order valence-electron chi connectivity index (χ3n) is 28.2. The molecule has 8 aliphatic carbocycles. The molecule has 7 saturated carbocycles. The summed E-state index contributed by atoms with van der Waals surface area (Å²) in [5, 5.41) is 0. The highest BCUT2D eigenvalue weighted by Gasteiger charge is 2.54. The van der Waals surface area contributed by atoms with Gasteiger partial charge >= 0.3 is 29.8 Å². The summed E-state index contributed by atoms with van der Waals surface area (Å²) in [7, 11) is 0. The predicted molar refractivity (Wildman–Crippen MR) is 431 cm³/mol. The molecule has 1 aromatic rings. The highest BCUT2D eigenvalue weighted by Crippen LogP contribution is 2.50. The third kappa shape index (κ3) is 24.4. The Bertz CT molecular complexity index is 3200. The molecule has 642 valence electrons. The highest BCUT2D eigenvalue weighted by molar-refractivity contribution is 5.77. The summed E-state index contributed by atoms with van der Waals surface area (Å²) in [6, 6.07) is 10.1. The first-order valence-corrected chi connectivity index (χ1v) is 44.9. The average molecular weight is 1590 g/mol. The summed E-state index contributed by atoms with van der Waals surface area (Å²) in [6.07, 6.45) is 39.3. The van der Waals surface area contributed by atoms with Crippen LogP contribution in [0, 0.1) is 56.7 Å². The lowest BCUT2D eigenvalue weighted by Gasteiger charge is -2.32. The molecule has 5 saturated heterocycles. The van der Waals surface area contributed by atoms with Crippen LogP contribution in [0.2, 0.25) is 0 Å². The van der Waals surface area contributed by atoms with Crippen molar-refractivity contribution in [1.29, 1.82) is 0 Å². The van der Waals surface area contributed by atoms with Crippen molar-refractivity contribution in [1.82, 2.24) is 0 Å². The number of fused-ring (bicyclic) bond motifs is 5. The summed E-state index contributed by atoms with van der Waals surface area (Å²) in [4.78, 5) is 60.5. The van der Waals surface area contributed by atoms with Gasteiger partial charge in [0, 0.05) is 37.7 Å². The number of carbonyl (C=O) groups excluding carboxylic acids is 5. The number of allylic oxidation sites excluding steroid dienone is 1. The van der Waals surface area contributed by atoms with Gasteiger partial charge in [-0.25, -0.2) is 0 Å². The molecule has 0 bridgehead atoms. The number of rotatable bonds is 22. The molecule has 113 heavy (non-hydrogen) atoms. The molecule has 12 fully saturated rings. The summed E-state index contributed by atoms with van der Waals surface area (Å²) in [5.74, 6) is 0.0916. The number of benzene rings is 1. The number of hydrogen-bond donors (Lipinski definition) is 0. The molecule has 3 spiro atoms. The van der Waals surface area contributed by atoms with Crippen molar-refractivity contribution in [3.8, 4) is 0 Å². The average Bonchev–Trinajstić information content (AvgIpc) is 1.65. The van der Waals surface area contributed by atoms with E-state index >= 15 is 0 Å². The fraction of sp³-hybridized carbons (Fsp3) is 0.860. The van der Waals surface area contributed by atoms with Crippen molar-refractivity contribution in [3.05, 3.63) is 48.0 Å². The zero-order chi connectivity index (χ0) is 81.6. The van der Waals surface area contributed by atoms with Gasteiger partial charge in [0.15, 0.2) is 29.4 Å². The molecule has 0 amide bonds. The van der Waals surface area contributed by atoms with Crippen LogP contribution in [0.5, 0.6) is 0 Å². The van der Waals surface area contributed by atoms with Crippen molar-refractivity contribution in [2.45, 2.75) is 420 Å². The van der Waals surface area contributed by atoms with E-state index in [2.05, 4.69) is 19.1 Å². The van der Waals surface area contributed by atoms with Crippen LogP contribution in [0.4, 0.5) is 0 Å². The van der Waals surface area contributed by atoms with E-state index in [1.807, 2.05) is 141 Å². The molecule has 20 nitrogen and oxygen atoms in total. The maximum absolute atomic E-state index is 12.1. The lowest BCUT2D eigenvalue weighted by atomic mass is 9.85. The standard InChI is InChI=1S/C20H28O4.C19H32O4.C19H30O4.C18H30O4.C17H30O4/c1-4-20(2,3)19(21)22-13-14-10-11-16-17(12-14)24-18(23-16)15-8-6-5-7-9-15;2*1-4-18(2,3)17(20)21-13-14-8-9-15-16(12-14)23-19(22-15)10-6-5-7-11-19;1-4-17(2,3)16(19)20-12-13-7-8-14-15(11-13)22-18(21-14)9-5-6-10-18;1-6-16(3,4)15(18)19-11-12-8-9-13-14(10-12)21-17(5,7-2)20-13/h5-9,14,16-18H,4,10-13H2,1-3H3;14-16H,4-13H2,1-3H3;6,10,14-16H,4-5,7-9,11-13H2,1-3H3;13-15H,4-12H2,1-3H3;12-14H,6-11H2,1-5H3. The normalized spacial score (nSPS) is 34.0. The van der Waals surface area contributed by atoms with Gasteiger partial charge in [0.2, 0.25) is 0 Å². The zero-order valence-electron chi connectivity index (χ0n) is 72.8. The second-order valence-electron chi connectivity index (χ2n) is 39.1. The molecule has 13 aliphatic rings. The van der Waals surface area contributed by atoms with E-state index in [9.17, 15) is 24.0 Å². The first kappa shape index (κ1) is 91.2. The van der Waals surface area contributed by atoms with Gasteiger partial charge in [-0.05, 0) is 285 Å². The second kappa shape index (κ2) is 39.9. The Morgan fingerprint density at radius 3 is 1.02 bits per heavy atom. The number of esters is 5. The maximum atomic E-state index is 12.1. The van der Waals surface area contributed by atoms with Crippen LogP contribution in [0.15, 0.2) is 42.5 Å². The van der Waals surface area contributed by atoms with Gasteiger partial charge in [0.05, 0.1) is 121 Å². The summed E-state index contributed by atoms with van der Waals surface area (Å²) in [6.45, 7) is 36.2. The maximum Gasteiger partial charge on any atom is 0.311 e. The summed E-state index contributed by atoms with van der Waals surface area (Å²) in [5.41, 5.74) is -0.858. The molecule has 5 aliphatic heterocycles. The Labute approximate surface area is 679 Å². The van der Waals surface area contributed by atoms with E-state index < -0.39 is 17.0 Å². The van der Waals surface area contributed by atoms with E-state index in [0.717, 1.165) is 185 Å². The SMILES string of the molecule is CCC(C)(C)C(=O)OCC1CCC2OC(c3ccccc3)OC2C1.CCC(C)(C)C(=O)OCC1CCC2OC3(C=CCCC3)OC2C1.CCC(C)(C)C(=O)OCC1CCC2OC3(CCCC3)OC2C1.CCC(C)(C)C(=O)OCC1CCC2OC3(CCCCC3)OC2C1.CCC1(C)OC2CCC(COC(=O)C(C)(C)CC)CC2O1. The van der Waals surface area contributed by atoms with Crippen LogP contribution in [0.25, 0.3) is 0 Å². The van der Waals surface area contributed by atoms with E-state index in [1.54, 1.807) is 0 Å². The lowest BCUT2D eigenvalue weighted by molar-refractivity contribution is -0.193. The van der Waals surface area contributed by atoms with E-state index in [0.29, 0.717) is 62.6 Å². The van der Waals surface area contributed by atoms with E-state index in [4.69, 9.17) is 71.1 Å². The van der Waals surface area contributed by atoms with Gasteiger partial charge in [0.25, 0.3) is 0 Å². The van der Waals surface area contributed by atoms with Crippen molar-refractivity contribution >= 4 is 29.8 Å². The van der Waals surface area contributed by atoms with Gasteiger partial charge in [-0.2, -0.15) is 0 Å². The fourth-order valence-electron chi connectivity index (χ4n) is 17.8. The van der Waals surface area contributed by atoms with Gasteiger partial charge in [-0.15, -0.1) is 0 Å². The van der Waals surface area contributed by atoms with Gasteiger partial charge < -0.3 is 71.1 Å². The van der Waals surface area contributed by atoms with Crippen LogP contribution < -0.4 is 0 Å². The Morgan fingerprint density at radius 1 is 0.354 bits per heavy atom. The van der Waals surface area contributed by atoms with Crippen LogP contribution in [-0.4, -0.2) is 147 Å². The summed E-state index contributed by atoms with van der Waals surface area (Å²) >= 11 is 0. The quantitative estimate of drug-likeness (QED) is 0.0597. The molecule has 14 rings (SSSR count).